The van der Waals surface area contributed by atoms with E-state index in [4.69, 9.17) is 11.6 Å². The Morgan fingerprint density at radius 3 is 1.39 bits per heavy atom. The lowest BCUT2D eigenvalue weighted by molar-refractivity contribution is -0.598. The zero-order valence-corrected chi connectivity index (χ0v) is 32.8. The fourth-order valence-electron chi connectivity index (χ4n) is 6.50. The van der Waals surface area contributed by atoms with E-state index in [1.807, 2.05) is 11.3 Å². The lowest BCUT2D eigenvalue weighted by atomic mass is 9.77. The summed E-state index contributed by atoms with van der Waals surface area (Å²) in [5.41, 5.74) is 15.5. The molecule has 0 saturated carbocycles. The molecule has 1 nitrogen and oxygen atoms in total. The molecule has 5 rings (SSSR count). The number of nitrogens with zero attached hydrogens (tertiary/aromatic N) is 1. The highest BCUT2D eigenvalue weighted by Crippen LogP contribution is 2.43. The van der Waals surface area contributed by atoms with Crippen molar-refractivity contribution in [2.45, 2.75) is 137 Å². The van der Waals surface area contributed by atoms with Crippen LogP contribution in [-0.4, -0.2) is 0 Å². The minimum atomic E-state index is 0. The predicted octanol–water partition coefficient (Wildman–Crippen LogP) is 9.65. The smallest absolute Gasteiger partial charge is 0.231 e. The van der Waals surface area contributed by atoms with E-state index in [1.165, 1.54) is 73.6 Å². The third kappa shape index (κ3) is 7.45. The van der Waals surface area contributed by atoms with E-state index in [1.54, 1.807) is 0 Å². The molecule has 1 heterocycles. The maximum atomic E-state index is 7.16. The van der Waals surface area contributed by atoms with Crippen molar-refractivity contribution in [2.75, 3.05) is 0 Å². The molecule has 248 valence electrons. The Morgan fingerprint density at radius 1 is 0.630 bits per heavy atom. The fourth-order valence-corrected chi connectivity index (χ4v) is 7.85. The van der Waals surface area contributed by atoms with E-state index in [-0.39, 0.29) is 34.1 Å². The van der Waals surface area contributed by atoms with Crippen LogP contribution < -0.4 is 17.0 Å². The monoisotopic (exact) mass is 675 g/mol. The standard InChI is InChI=1S/C42H55ClNS.ClH/c1-26-15-14-16-36-38(26)45-25-44(36)37-34(27-17-29(39(2,3)4)21-30(18-27)40(5,6)7)23-33(43)24-35(37)28-19-31(41(8,9)10)22-32(20-28)42(11,12)13;/h17-26H,14-16H2,1-13H3;1H/q+1;/p-1. The van der Waals surface area contributed by atoms with Gasteiger partial charge in [-0.3, -0.25) is 0 Å². The van der Waals surface area contributed by atoms with E-state index >= 15 is 0 Å². The average molecular weight is 677 g/mol. The Balaban J connectivity index is 0.00000480. The SMILES string of the molecule is CC1CCCc2c1sc[n+]2-c1c(-c2cc(C(C)(C)C)cc(C(C)(C)C)c2)cc(Cl)cc1-c1cc(C(C)(C)C)cc(C(C)(C)C)c1.[Cl-]. The van der Waals surface area contributed by atoms with Gasteiger partial charge in [0.15, 0.2) is 0 Å². The van der Waals surface area contributed by atoms with Crippen LogP contribution >= 0.6 is 22.9 Å². The van der Waals surface area contributed by atoms with Gasteiger partial charge in [0.1, 0.15) is 0 Å². The minimum absolute atomic E-state index is 0. The molecular formula is C42H55Cl2NS. The Morgan fingerprint density at radius 2 is 1.02 bits per heavy atom. The first kappa shape index (κ1) is 36.7. The Kier molecular flexibility index (Phi) is 10.1. The van der Waals surface area contributed by atoms with Gasteiger partial charge in [0.25, 0.3) is 0 Å². The van der Waals surface area contributed by atoms with Crippen LogP contribution in [-0.2, 0) is 28.1 Å². The molecule has 46 heavy (non-hydrogen) atoms. The number of fused-ring (bicyclic) bond motifs is 1. The van der Waals surface area contributed by atoms with Gasteiger partial charge in [0, 0.05) is 11.4 Å². The van der Waals surface area contributed by atoms with Crippen molar-refractivity contribution >= 4 is 22.9 Å². The molecule has 3 aromatic carbocycles. The first-order valence-electron chi connectivity index (χ1n) is 16.8. The summed E-state index contributed by atoms with van der Waals surface area (Å²) in [6.07, 6.45) is 3.60. The van der Waals surface area contributed by atoms with Gasteiger partial charge in [-0.1, -0.05) is 149 Å². The summed E-state index contributed by atoms with van der Waals surface area (Å²) in [4.78, 5) is 1.53. The molecule has 1 unspecified atom stereocenters. The molecule has 0 aliphatic heterocycles. The highest BCUT2D eigenvalue weighted by Gasteiger charge is 2.34. The molecular weight excluding hydrogens is 621 g/mol. The summed E-state index contributed by atoms with van der Waals surface area (Å²) in [6, 6.07) is 18.9. The first-order valence-corrected chi connectivity index (χ1v) is 18.1. The van der Waals surface area contributed by atoms with Gasteiger partial charge in [-0.25, -0.2) is 0 Å². The van der Waals surface area contributed by atoms with Gasteiger partial charge >= 0.3 is 0 Å². The third-order valence-corrected chi connectivity index (χ3v) is 11.1. The zero-order chi connectivity index (χ0) is 33.3. The molecule has 0 spiro atoms. The Bertz CT molecular complexity index is 1570. The lowest BCUT2D eigenvalue weighted by Crippen LogP contribution is -3.00. The summed E-state index contributed by atoms with van der Waals surface area (Å²) >= 11 is 9.09. The number of thiazole rings is 1. The van der Waals surface area contributed by atoms with E-state index in [0.717, 1.165) is 11.4 Å². The second kappa shape index (κ2) is 12.7. The van der Waals surface area contributed by atoms with Crippen molar-refractivity contribution in [2.24, 2.45) is 0 Å². The highest BCUT2D eigenvalue weighted by molar-refractivity contribution is 7.09. The predicted molar refractivity (Wildman–Crippen MR) is 198 cm³/mol. The number of benzene rings is 3. The van der Waals surface area contributed by atoms with Crippen molar-refractivity contribution in [1.82, 2.24) is 0 Å². The topological polar surface area (TPSA) is 3.88 Å². The second-order valence-electron chi connectivity index (χ2n) is 17.6. The number of rotatable bonds is 3. The molecule has 4 aromatic rings. The van der Waals surface area contributed by atoms with Gasteiger partial charge in [-0.05, 0) is 85.9 Å². The van der Waals surface area contributed by atoms with Gasteiger partial charge in [0.2, 0.25) is 16.9 Å². The van der Waals surface area contributed by atoms with Crippen LogP contribution in [0.2, 0.25) is 5.02 Å². The minimum Gasteiger partial charge on any atom is -1.00 e. The Hall–Kier alpha value is -2.13. The first-order chi connectivity index (χ1) is 20.6. The van der Waals surface area contributed by atoms with Crippen LogP contribution in [0, 0.1) is 0 Å². The van der Waals surface area contributed by atoms with E-state index in [2.05, 4.69) is 149 Å². The van der Waals surface area contributed by atoms with E-state index < -0.39 is 0 Å². The lowest BCUT2D eigenvalue weighted by Gasteiger charge is -2.27. The van der Waals surface area contributed by atoms with Crippen LogP contribution in [0.4, 0.5) is 0 Å². The molecule has 1 aromatic heterocycles. The van der Waals surface area contributed by atoms with Crippen molar-refractivity contribution in [3.8, 4) is 27.9 Å². The number of aromatic nitrogens is 1. The van der Waals surface area contributed by atoms with Crippen molar-refractivity contribution < 1.29 is 17.0 Å². The van der Waals surface area contributed by atoms with Gasteiger partial charge in [-0.15, -0.1) is 0 Å². The summed E-state index contributed by atoms with van der Waals surface area (Å²) in [6.45, 7) is 30.2. The number of hydrogen-bond donors (Lipinski definition) is 0. The van der Waals surface area contributed by atoms with Crippen molar-refractivity contribution in [3.05, 3.63) is 91.9 Å². The summed E-state index contributed by atoms with van der Waals surface area (Å²) < 4.78 is 2.54. The molecule has 0 fully saturated rings. The molecule has 0 amide bonds. The van der Waals surface area contributed by atoms with Crippen LogP contribution in [0.5, 0.6) is 0 Å². The van der Waals surface area contributed by atoms with Gasteiger partial charge in [0.05, 0.1) is 16.0 Å². The maximum absolute atomic E-state index is 7.16. The molecule has 0 bridgehead atoms. The fraction of sp³-hybridized carbons (Fsp3) is 0.500. The summed E-state index contributed by atoms with van der Waals surface area (Å²) in [5.74, 6) is 0.590. The van der Waals surface area contributed by atoms with Gasteiger partial charge in [-0.2, -0.15) is 4.57 Å². The number of halogens is 2. The molecule has 0 radical (unpaired) electrons. The van der Waals surface area contributed by atoms with Crippen LogP contribution in [0.1, 0.15) is 142 Å². The van der Waals surface area contributed by atoms with Crippen LogP contribution in [0.25, 0.3) is 27.9 Å². The van der Waals surface area contributed by atoms with Crippen LogP contribution in [0.15, 0.2) is 54.0 Å². The second-order valence-corrected chi connectivity index (χ2v) is 19.0. The Labute approximate surface area is 295 Å². The zero-order valence-electron chi connectivity index (χ0n) is 30.5. The van der Waals surface area contributed by atoms with E-state index in [0.29, 0.717) is 5.92 Å². The third-order valence-electron chi connectivity index (χ3n) is 9.63. The quantitative estimate of drug-likeness (QED) is 0.190. The summed E-state index contributed by atoms with van der Waals surface area (Å²) in [7, 11) is 0. The summed E-state index contributed by atoms with van der Waals surface area (Å²) in [5, 5.41) is 0.777. The van der Waals surface area contributed by atoms with Crippen LogP contribution in [0.3, 0.4) is 0 Å². The van der Waals surface area contributed by atoms with E-state index in [9.17, 15) is 0 Å². The highest BCUT2D eigenvalue weighted by atomic mass is 35.5. The van der Waals surface area contributed by atoms with Crippen molar-refractivity contribution in [3.63, 3.8) is 0 Å². The molecule has 1 atom stereocenters. The van der Waals surface area contributed by atoms with Crippen molar-refractivity contribution in [1.29, 1.82) is 0 Å². The molecule has 1 aliphatic rings. The molecule has 0 saturated heterocycles. The normalized spacial score (nSPS) is 15.8. The molecule has 0 N–H and O–H groups in total. The number of hydrogen-bond acceptors (Lipinski definition) is 1. The molecule has 1 aliphatic carbocycles. The maximum Gasteiger partial charge on any atom is 0.231 e. The largest absolute Gasteiger partial charge is 1.00 e. The van der Waals surface area contributed by atoms with Gasteiger partial charge < -0.3 is 12.4 Å². The average Bonchev–Trinajstić information content (AvgIpc) is 3.35. The molecule has 4 heteroatoms.